The van der Waals surface area contributed by atoms with Crippen LogP contribution in [0.1, 0.15) is 17.2 Å². The van der Waals surface area contributed by atoms with Gasteiger partial charge in [-0.25, -0.2) is 4.98 Å². The largest absolute Gasteiger partial charge is 0.468 e. The van der Waals surface area contributed by atoms with Gasteiger partial charge < -0.3 is 15.0 Å². The molecule has 1 amide bonds. The predicted molar refractivity (Wildman–Crippen MR) is 109 cm³/mol. The van der Waals surface area contributed by atoms with Gasteiger partial charge in [0.05, 0.1) is 23.1 Å². The molecule has 31 heavy (non-hydrogen) atoms. The number of Topliss-reactive ketones (excluding diaryl/α,β-unsaturated/α-hetero) is 1. The first-order valence-corrected chi connectivity index (χ1v) is 8.89. The molecule has 1 heterocycles. The number of aromatic nitrogens is 2. The highest BCUT2D eigenvalue weighted by molar-refractivity contribution is 6.45. The summed E-state index contributed by atoms with van der Waals surface area (Å²) in [5, 5.41) is 13.3. The number of carbonyl (C=O) groups excluding carboxylic acids is 3. The molecule has 0 saturated carbocycles. The number of nitrogens with zero attached hydrogens (tertiary/aromatic N) is 2. The number of H-pyrrole nitrogens is 1. The maximum atomic E-state index is 12.8. The van der Waals surface area contributed by atoms with Crippen LogP contribution in [0.25, 0.3) is 11.0 Å². The van der Waals surface area contributed by atoms with E-state index in [4.69, 9.17) is 0 Å². The zero-order chi connectivity index (χ0) is 22.7. The van der Waals surface area contributed by atoms with Crippen molar-refractivity contribution >= 4 is 40.1 Å². The average molecular weight is 424 g/mol. The number of esters is 1. The summed E-state index contributed by atoms with van der Waals surface area (Å²) in [6.45, 7) is 1.84. The average Bonchev–Trinajstić information content (AvgIpc) is 2.75. The second kappa shape index (κ2) is 8.53. The number of nitro groups is 1. The van der Waals surface area contributed by atoms with Crippen LogP contribution < -0.4 is 10.9 Å². The molecule has 11 nitrogen and oxygen atoms in total. The molecule has 0 fully saturated rings. The third kappa shape index (κ3) is 4.45. The third-order valence-corrected chi connectivity index (χ3v) is 4.42. The number of anilines is 1. The molecule has 11 heteroatoms. The van der Waals surface area contributed by atoms with Crippen molar-refractivity contribution in [2.24, 2.45) is 0 Å². The Bertz CT molecular complexity index is 1260. The van der Waals surface area contributed by atoms with E-state index in [0.717, 1.165) is 24.8 Å². The Hall–Kier alpha value is -4.41. The number of nitrogens with one attached hydrogen (secondary N) is 2. The molecule has 0 aliphatic rings. The maximum Gasteiger partial charge on any atom is 0.323 e. The summed E-state index contributed by atoms with van der Waals surface area (Å²) >= 11 is 0. The van der Waals surface area contributed by atoms with Crippen molar-refractivity contribution in [3.8, 4) is 0 Å². The van der Waals surface area contributed by atoms with E-state index in [2.05, 4.69) is 20.0 Å². The van der Waals surface area contributed by atoms with Crippen molar-refractivity contribution in [1.29, 1.82) is 0 Å². The van der Waals surface area contributed by atoms with Crippen LogP contribution in [0.15, 0.2) is 47.3 Å². The maximum absolute atomic E-state index is 12.8. The van der Waals surface area contributed by atoms with Gasteiger partial charge in [-0.2, -0.15) is 0 Å². The lowest BCUT2D eigenvalue weighted by Gasteiger charge is -2.13. The summed E-state index contributed by atoms with van der Waals surface area (Å²) in [6.07, 6.45) is 0. The number of methoxy groups -OCH3 is 1. The van der Waals surface area contributed by atoms with Crippen molar-refractivity contribution < 1.29 is 24.0 Å². The minimum atomic E-state index is -1.92. The number of benzene rings is 2. The first-order chi connectivity index (χ1) is 14.7. The van der Waals surface area contributed by atoms with Gasteiger partial charge in [-0.3, -0.25) is 29.3 Å². The second-order valence-corrected chi connectivity index (χ2v) is 6.55. The highest BCUT2D eigenvalue weighted by Crippen LogP contribution is 2.20. The van der Waals surface area contributed by atoms with Gasteiger partial charge in [0.1, 0.15) is 5.69 Å². The Morgan fingerprint density at radius 3 is 2.45 bits per heavy atom. The first-order valence-electron chi connectivity index (χ1n) is 8.89. The van der Waals surface area contributed by atoms with Crippen LogP contribution in [0.2, 0.25) is 0 Å². The number of amides is 1. The van der Waals surface area contributed by atoms with Gasteiger partial charge in [0.2, 0.25) is 5.78 Å². The second-order valence-electron chi connectivity index (χ2n) is 6.55. The lowest BCUT2D eigenvalue weighted by molar-refractivity contribution is -0.384. The van der Waals surface area contributed by atoms with Gasteiger partial charge in [-0.1, -0.05) is 17.7 Å². The van der Waals surface area contributed by atoms with Gasteiger partial charge >= 0.3 is 5.97 Å². The van der Waals surface area contributed by atoms with Gasteiger partial charge in [-0.15, -0.1) is 0 Å². The number of rotatable bonds is 6. The minimum absolute atomic E-state index is 0.0307. The Labute approximate surface area is 174 Å². The van der Waals surface area contributed by atoms with E-state index in [1.54, 1.807) is 24.3 Å². The molecular weight excluding hydrogens is 408 g/mol. The van der Waals surface area contributed by atoms with Crippen molar-refractivity contribution in [2.75, 3.05) is 12.4 Å². The molecule has 0 unspecified atom stereocenters. The Morgan fingerprint density at radius 2 is 1.84 bits per heavy atom. The fourth-order valence-corrected chi connectivity index (χ4v) is 2.82. The van der Waals surface area contributed by atoms with Crippen LogP contribution >= 0.6 is 0 Å². The number of hydrogen-bond donors (Lipinski definition) is 2. The number of fused-ring (bicyclic) bond motifs is 1. The Kier molecular flexibility index (Phi) is 5.86. The monoisotopic (exact) mass is 424 g/mol. The molecule has 0 radical (unpaired) electrons. The number of aromatic amines is 1. The van der Waals surface area contributed by atoms with Crippen LogP contribution in [0.3, 0.4) is 0 Å². The van der Waals surface area contributed by atoms with Gasteiger partial charge in [0.15, 0.2) is 5.92 Å². The van der Waals surface area contributed by atoms with Crippen LogP contribution in [0.5, 0.6) is 0 Å². The SMILES string of the molecule is COC(=O)[C@H](C(=O)C(=O)Nc1ccc(C)cc1)c1nc2ccc([N+](=O)[O-])cc2[nH]c1=O. The zero-order valence-corrected chi connectivity index (χ0v) is 16.4. The van der Waals surface area contributed by atoms with Crippen molar-refractivity contribution in [3.05, 3.63) is 74.2 Å². The highest BCUT2D eigenvalue weighted by Gasteiger charge is 2.37. The number of aryl methyl sites for hydroxylation is 1. The topological polar surface area (TPSA) is 161 Å². The van der Waals surface area contributed by atoms with Crippen LogP contribution in [0, 0.1) is 17.0 Å². The van der Waals surface area contributed by atoms with E-state index in [0.29, 0.717) is 5.69 Å². The molecule has 0 aliphatic carbocycles. The molecular formula is C20H16N4O7. The zero-order valence-electron chi connectivity index (χ0n) is 16.4. The third-order valence-electron chi connectivity index (χ3n) is 4.42. The predicted octanol–water partition coefficient (Wildman–Crippen LogP) is 1.60. The molecule has 3 rings (SSSR count). The number of ether oxygens (including phenoxy) is 1. The van der Waals surface area contributed by atoms with Gasteiger partial charge in [-0.05, 0) is 25.1 Å². The number of hydrogen-bond acceptors (Lipinski definition) is 8. The Morgan fingerprint density at radius 1 is 1.16 bits per heavy atom. The summed E-state index contributed by atoms with van der Waals surface area (Å²) in [4.78, 5) is 66.6. The Balaban J connectivity index is 2.00. The molecule has 1 atom stereocenters. The fourth-order valence-electron chi connectivity index (χ4n) is 2.82. The number of nitro benzene ring substituents is 1. The van der Waals surface area contributed by atoms with E-state index in [1.165, 1.54) is 6.07 Å². The van der Waals surface area contributed by atoms with Gasteiger partial charge in [0.25, 0.3) is 17.2 Å². The van der Waals surface area contributed by atoms with Crippen molar-refractivity contribution in [2.45, 2.75) is 12.8 Å². The number of non-ortho nitro benzene ring substituents is 1. The molecule has 0 aliphatic heterocycles. The standard InChI is InChI=1S/C20H16N4O7/c1-10-3-5-11(6-4-10)21-19(27)17(25)15(20(28)31-2)16-18(26)23-14-9-12(24(29)30)7-8-13(14)22-16/h3-9,15H,1-2H3,(H,21,27)(H,23,26)/t15-/m0/s1. The molecule has 2 aromatic carbocycles. The number of ketones is 1. The summed E-state index contributed by atoms with van der Waals surface area (Å²) in [5.41, 5.74) is -0.430. The van der Waals surface area contributed by atoms with Crippen molar-refractivity contribution in [1.82, 2.24) is 9.97 Å². The van der Waals surface area contributed by atoms with E-state index in [-0.39, 0.29) is 16.7 Å². The minimum Gasteiger partial charge on any atom is -0.468 e. The molecule has 3 aromatic rings. The van der Waals surface area contributed by atoms with E-state index in [9.17, 15) is 29.3 Å². The van der Waals surface area contributed by atoms with E-state index < -0.39 is 39.8 Å². The van der Waals surface area contributed by atoms with E-state index >= 15 is 0 Å². The fraction of sp³-hybridized carbons (Fsp3) is 0.150. The molecule has 2 N–H and O–H groups in total. The quantitative estimate of drug-likeness (QED) is 0.198. The number of carbonyl (C=O) groups is 3. The van der Waals surface area contributed by atoms with Crippen molar-refractivity contribution in [3.63, 3.8) is 0 Å². The lowest BCUT2D eigenvalue weighted by atomic mass is 9.99. The summed E-state index contributed by atoms with van der Waals surface area (Å²) < 4.78 is 4.60. The summed E-state index contributed by atoms with van der Waals surface area (Å²) in [5.74, 6) is -5.45. The molecule has 1 aromatic heterocycles. The highest BCUT2D eigenvalue weighted by atomic mass is 16.6. The van der Waals surface area contributed by atoms with Crippen LogP contribution in [-0.4, -0.2) is 39.7 Å². The van der Waals surface area contributed by atoms with E-state index in [1.807, 2.05) is 6.92 Å². The lowest BCUT2D eigenvalue weighted by Crippen LogP contribution is -2.37. The van der Waals surface area contributed by atoms with Crippen LogP contribution in [0.4, 0.5) is 11.4 Å². The molecule has 158 valence electrons. The molecule has 0 spiro atoms. The van der Waals surface area contributed by atoms with Gasteiger partial charge in [0, 0.05) is 17.8 Å². The smallest absolute Gasteiger partial charge is 0.323 e. The summed E-state index contributed by atoms with van der Waals surface area (Å²) in [7, 11) is 0.999. The van der Waals surface area contributed by atoms with Crippen LogP contribution in [-0.2, 0) is 19.1 Å². The summed E-state index contributed by atoms with van der Waals surface area (Å²) in [6, 6.07) is 10.1. The molecule has 0 saturated heterocycles. The first kappa shape index (κ1) is 21.3. The molecule has 0 bridgehead atoms. The normalized spacial score (nSPS) is 11.5.